The first-order chi connectivity index (χ1) is 10.6. The molecule has 9 nitrogen and oxygen atoms in total. The molecule has 0 bridgehead atoms. The first-order valence-electron chi connectivity index (χ1n) is 7.28. The van der Waals surface area contributed by atoms with Crippen LogP contribution in [-0.4, -0.2) is 61.1 Å². The molecule has 0 radical (unpaired) electrons. The number of aromatic nitrogens is 4. The summed E-state index contributed by atoms with van der Waals surface area (Å²) >= 11 is 0. The lowest BCUT2D eigenvalue weighted by Gasteiger charge is -2.16. The Kier molecular flexibility index (Phi) is 4.21. The molecule has 0 amide bonds. The van der Waals surface area contributed by atoms with E-state index >= 15 is 0 Å². The van der Waals surface area contributed by atoms with Crippen LogP contribution < -0.4 is 11.1 Å². The molecule has 22 heavy (non-hydrogen) atoms. The van der Waals surface area contributed by atoms with Gasteiger partial charge in [-0.2, -0.15) is 0 Å². The maximum Gasteiger partial charge on any atom is 0.167 e. The topological polar surface area (TPSA) is 131 Å². The zero-order valence-electron chi connectivity index (χ0n) is 12.3. The Balaban J connectivity index is 1.83. The lowest BCUT2D eigenvalue weighted by Crippen LogP contribution is -2.37. The summed E-state index contributed by atoms with van der Waals surface area (Å²) in [6.45, 7) is 3.34. The van der Waals surface area contributed by atoms with E-state index in [9.17, 15) is 10.2 Å². The number of anilines is 1. The quantitative estimate of drug-likeness (QED) is 0.519. The van der Waals surface area contributed by atoms with Crippen molar-refractivity contribution in [2.24, 2.45) is 0 Å². The number of ether oxygens (including phenoxy) is 1. The van der Waals surface area contributed by atoms with E-state index in [1.165, 1.54) is 12.7 Å². The number of fused-ring (bicyclic) bond motifs is 1. The number of imidazole rings is 1. The van der Waals surface area contributed by atoms with E-state index in [-0.39, 0.29) is 5.82 Å². The largest absolute Gasteiger partial charge is 0.387 e. The third-order valence-corrected chi connectivity index (χ3v) is 3.77. The van der Waals surface area contributed by atoms with Crippen molar-refractivity contribution in [3.63, 3.8) is 0 Å². The number of aliphatic hydroxyl groups is 2. The van der Waals surface area contributed by atoms with Gasteiger partial charge < -0.3 is 26.0 Å². The Morgan fingerprint density at radius 2 is 2.14 bits per heavy atom. The predicted molar refractivity (Wildman–Crippen MR) is 78.8 cm³/mol. The summed E-state index contributed by atoms with van der Waals surface area (Å²) < 4.78 is 7.35. The van der Waals surface area contributed by atoms with E-state index in [0.29, 0.717) is 17.7 Å². The number of hydrogen-bond acceptors (Lipinski definition) is 8. The van der Waals surface area contributed by atoms with Crippen LogP contribution in [0.15, 0.2) is 12.7 Å². The van der Waals surface area contributed by atoms with Gasteiger partial charge >= 0.3 is 0 Å². The van der Waals surface area contributed by atoms with Gasteiger partial charge in [0.2, 0.25) is 0 Å². The molecule has 5 N–H and O–H groups in total. The molecule has 0 aromatic carbocycles. The maximum atomic E-state index is 10.3. The molecule has 3 heterocycles. The van der Waals surface area contributed by atoms with Crippen molar-refractivity contribution in [1.82, 2.24) is 24.8 Å². The fourth-order valence-corrected chi connectivity index (χ4v) is 2.61. The normalized spacial score (nSPS) is 28.5. The molecule has 0 saturated carbocycles. The van der Waals surface area contributed by atoms with Crippen LogP contribution >= 0.6 is 0 Å². The van der Waals surface area contributed by atoms with Crippen molar-refractivity contribution in [2.75, 3.05) is 18.8 Å². The second-order valence-electron chi connectivity index (χ2n) is 5.33. The van der Waals surface area contributed by atoms with Gasteiger partial charge in [-0.3, -0.25) is 4.57 Å². The summed E-state index contributed by atoms with van der Waals surface area (Å²) in [4.78, 5) is 12.1. The summed E-state index contributed by atoms with van der Waals surface area (Å²) in [5.41, 5.74) is 6.66. The van der Waals surface area contributed by atoms with Gasteiger partial charge in [0.15, 0.2) is 17.7 Å². The summed E-state index contributed by atoms with van der Waals surface area (Å²) in [5, 5.41) is 23.6. The molecular formula is C13H20N6O3. The molecule has 1 saturated heterocycles. The van der Waals surface area contributed by atoms with Crippen molar-refractivity contribution in [1.29, 1.82) is 0 Å². The maximum absolute atomic E-state index is 10.3. The number of nitrogens with zero attached hydrogens (tertiary/aromatic N) is 4. The molecule has 0 aliphatic carbocycles. The van der Waals surface area contributed by atoms with Gasteiger partial charge in [-0.25, -0.2) is 15.0 Å². The van der Waals surface area contributed by atoms with E-state index in [2.05, 4.69) is 27.2 Å². The average Bonchev–Trinajstić information content (AvgIpc) is 3.05. The zero-order chi connectivity index (χ0) is 15.7. The van der Waals surface area contributed by atoms with E-state index in [4.69, 9.17) is 10.5 Å². The molecule has 1 aliphatic rings. The van der Waals surface area contributed by atoms with Crippen LogP contribution in [0.25, 0.3) is 11.2 Å². The summed E-state index contributed by atoms with van der Waals surface area (Å²) in [7, 11) is 0. The lowest BCUT2D eigenvalue weighted by molar-refractivity contribution is -0.0341. The van der Waals surface area contributed by atoms with Crippen molar-refractivity contribution in [3.05, 3.63) is 12.7 Å². The number of hydrogen-bond donors (Lipinski definition) is 4. The summed E-state index contributed by atoms with van der Waals surface area (Å²) in [6.07, 6.45) is 0.488. The average molecular weight is 308 g/mol. The van der Waals surface area contributed by atoms with Crippen LogP contribution in [0.2, 0.25) is 0 Å². The number of aliphatic hydroxyl groups excluding tert-OH is 2. The second-order valence-corrected chi connectivity index (χ2v) is 5.33. The second kappa shape index (κ2) is 6.13. The molecule has 1 aliphatic heterocycles. The Bertz CT molecular complexity index is 648. The third-order valence-electron chi connectivity index (χ3n) is 3.77. The monoisotopic (exact) mass is 308 g/mol. The van der Waals surface area contributed by atoms with Gasteiger partial charge in [0, 0.05) is 6.54 Å². The molecule has 120 valence electrons. The molecule has 9 heteroatoms. The molecule has 1 fully saturated rings. The molecule has 3 rings (SSSR count). The van der Waals surface area contributed by atoms with Crippen molar-refractivity contribution in [2.45, 2.75) is 37.9 Å². The standard InChI is InChI=1S/C13H20N6O3/c1-2-3-15-4-7-9(20)10(21)13(22-7)19-6-18-8-11(14)16-5-17-12(8)19/h5-7,9-10,13,15,20-21H,2-4H2,1H3,(H2,14,16,17)/t7-,9-,10-,13-/m1/s1. The first-order valence-corrected chi connectivity index (χ1v) is 7.28. The zero-order valence-corrected chi connectivity index (χ0v) is 12.3. The molecule has 0 unspecified atom stereocenters. The summed E-state index contributed by atoms with van der Waals surface area (Å²) in [6, 6.07) is 0. The number of nitrogen functional groups attached to an aromatic ring is 1. The molecule has 4 atom stereocenters. The Hall–Kier alpha value is -1.81. The van der Waals surface area contributed by atoms with E-state index in [1.54, 1.807) is 4.57 Å². The van der Waals surface area contributed by atoms with Crippen LogP contribution in [0.5, 0.6) is 0 Å². The third kappa shape index (κ3) is 2.52. The van der Waals surface area contributed by atoms with E-state index < -0.39 is 24.5 Å². The fourth-order valence-electron chi connectivity index (χ4n) is 2.61. The van der Waals surface area contributed by atoms with Crippen LogP contribution in [-0.2, 0) is 4.74 Å². The van der Waals surface area contributed by atoms with Gasteiger partial charge in [-0.15, -0.1) is 0 Å². The van der Waals surface area contributed by atoms with E-state index in [1.807, 2.05) is 0 Å². The van der Waals surface area contributed by atoms with Crippen LogP contribution in [0.3, 0.4) is 0 Å². The first kappa shape index (κ1) is 15.1. The van der Waals surface area contributed by atoms with Crippen molar-refractivity contribution in [3.8, 4) is 0 Å². The molecular weight excluding hydrogens is 288 g/mol. The lowest BCUT2D eigenvalue weighted by atomic mass is 10.1. The van der Waals surface area contributed by atoms with E-state index in [0.717, 1.165) is 13.0 Å². The highest BCUT2D eigenvalue weighted by Gasteiger charge is 2.44. The smallest absolute Gasteiger partial charge is 0.167 e. The van der Waals surface area contributed by atoms with Crippen LogP contribution in [0.4, 0.5) is 5.82 Å². The summed E-state index contributed by atoms with van der Waals surface area (Å²) in [5.74, 6) is 0.262. The molecule has 2 aromatic rings. The minimum Gasteiger partial charge on any atom is -0.387 e. The Labute approximate surface area is 127 Å². The van der Waals surface area contributed by atoms with Crippen LogP contribution in [0, 0.1) is 0 Å². The number of rotatable bonds is 5. The van der Waals surface area contributed by atoms with Gasteiger partial charge in [-0.05, 0) is 13.0 Å². The molecule has 2 aromatic heterocycles. The highest BCUT2D eigenvalue weighted by Crippen LogP contribution is 2.31. The van der Waals surface area contributed by atoms with Crippen molar-refractivity contribution < 1.29 is 14.9 Å². The highest BCUT2D eigenvalue weighted by atomic mass is 16.6. The number of nitrogens with two attached hydrogens (primary N) is 1. The minimum absolute atomic E-state index is 0.262. The van der Waals surface area contributed by atoms with Crippen molar-refractivity contribution >= 4 is 17.0 Å². The predicted octanol–water partition coefficient (Wildman–Crippen LogP) is -0.973. The van der Waals surface area contributed by atoms with Crippen LogP contribution in [0.1, 0.15) is 19.6 Å². The van der Waals surface area contributed by atoms with Gasteiger partial charge in [-0.1, -0.05) is 6.92 Å². The number of nitrogens with one attached hydrogen (secondary N) is 1. The fraction of sp³-hybridized carbons (Fsp3) is 0.615. The SMILES string of the molecule is CCCNC[C@H]1O[C@@H](n2cnc3c(N)ncnc32)[C@H](O)[C@@H]1O. The Morgan fingerprint density at radius 1 is 1.32 bits per heavy atom. The Morgan fingerprint density at radius 3 is 2.91 bits per heavy atom. The van der Waals surface area contributed by atoms with Gasteiger partial charge in [0.1, 0.15) is 30.2 Å². The van der Waals surface area contributed by atoms with Gasteiger partial charge in [0.25, 0.3) is 0 Å². The van der Waals surface area contributed by atoms with Gasteiger partial charge in [0.05, 0.1) is 6.33 Å². The molecule has 0 spiro atoms. The minimum atomic E-state index is -1.07. The highest BCUT2D eigenvalue weighted by molar-refractivity contribution is 5.81.